The molecule has 6 heteroatoms. The highest BCUT2D eigenvalue weighted by atomic mass is 32.2. The molecular weight excluding hydrogens is 444 g/mol. The van der Waals surface area contributed by atoms with Crippen LogP contribution in [-0.2, 0) is 27.7 Å². The van der Waals surface area contributed by atoms with E-state index in [1.807, 2.05) is 61.5 Å². The molecule has 178 valence electrons. The Morgan fingerprint density at radius 1 is 0.971 bits per heavy atom. The molecule has 5 nitrogen and oxygen atoms in total. The Bertz CT molecular complexity index is 1260. The molecule has 0 spiro atoms. The number of fused-ring (bicyclic) bond motifs is 1. The summed E-state index contributed by atoms with van der Waals surface area (Å²) in [6.07, 6.45) is 3.08. The molecule has 3 aromatic rings. The number of amides is 1. The van der Waals surface area contributed by atoms with Gasteiger partial charge in [-0.05, 0) is 74.3 Å². The fourth-order valence-corrected chi connectivity index (χ4v) is 6.70. The van der Waals surface area contributed by atoms with Gasteiger partial charge in [-0.1, -0.05) is 72.3 Å². The van der Waals surface area contributed by atoms with Gasteiger partial charge >= 0.3 is 0 Å². The van der Waals surface area contributed by atoms with Gasteiger partial charge in [0.15, 0.2) is 0 Å². The number of carbonyl (C=O) groups excluding carboxylic acids is 1. The summed E-state index contributed by atoms with van der Waals surface area (Å²) in [5, 5.41) is 3.14. The Morgan fingerprint density at radius 3 is 2.32 bits per heavy atom. The molecule has 0 saturated heterocycles. The van der Waals surface area contributed by atoms with Gasteiger partial charge in [0.25, 0.3) is 0 Å². The quantitative estimate of drug-likeness (QED) is 0.519. The minimum absolute atomic E-state index is 0.122. The molecule has 0 heterocycles. The largest absolute Gasteiger partial charge is 0.348 e. The second-order valence-corrected chi connectivity index (χ2v) is 10.9. The number of aryl methyl sites for hydroxylation is 4. The van der Waals surface area contributed by atoms with Gasteiger partial charge in [-0.2, -0.15) is 4.72 Å². The smallest absolute Gasteiger partial charge is 0.241 e. The average molecular weight is 477 g/mol. The highest BCUT2D eigenvalue weighted by molar-refractivity contribution is 7.89. The lowest BCUT2D eigenvalue weighted by molar-refractivity contribution is -0.123. The van der Waals surface area contributed by atoms with E-state index in [-0.39, 0.29) is 23.3 Å². The number of sulfonamides is 1. The summed E-state index contributed by atoms with van der Waals surface area (Å²) < 4.78 is 29.7. The van der Waals surface area contributed by atoms with Crippen LogP contribution >= 0.6 is 0 Å². The van der Waals surface area contributed by atoms with Crippen molar-refractivity contribution in [1.29, 1.82) is 0 Å². The van der Waals surface area contributed by atoms with Gasteiger partial charge in [0.2, 0.25) is 15.9 Å². The average Bonchev–Trinajstić information content (AvgIpc) is 2.78. The Labute approximate surface area is 202 Å². The van der Waals surface area contributed by atoms with Crippen LogP contribution in [0.4, 0.5) is 0 Å². The van der Waals surface area contributed by atoms with Gasteiger partial charge in [-0.25, -0.2) is 8.42 Å². The molecule has 0 fully saturated rings. The van der Waals surface area contributed by atoms with E-state index in [1.165, 1.54) is 5.56 Å². The Morgan fingerprint density at radius 2 is 1.62 bits per heavy atom. The molecule has 1 aliphatic carbocycles. The molecule has 0 bridgehead atoms. The van der Waals surface area contributed by atoms with Crippen molar-refractivity contribution >= 4 is 15.9 Å². The van der Waals surface area contributed by atoms with Crippen LogP contribution in [0.3, 0.4) is 0 Å². The van der Waals surface area contributed by atoms with Crippen molar-refractivity contribution in [3.05, 3.63) is 100 Å². The molecule has 0 saturated carbocycles. The summed E-state index contributed by atoms with van der Waals surface area (Å²) in [4.78, 5) is 13.8. The summed E-state index contributed by atoms with van der Waals surface area (Å²) in [7, 11) is -3.91. The lowest BCUT2D eigenvalue weighted by atomic mass is 9.87. The molecule has 4 rings (SSSR count). The zero-order valence-electron chi connectivity index (χ0n) is 20.0. The minimum atomic E-state index is -3.91. The highest BCUT2D eigenvalue weighted by Gasteiger charge is 2.30. The minimum Gasteiger partial charge on any atom is -0.348 e. The number of rotatable bonds is 7. The number of benzene rings is 3. The number of hydrogen-bond acceptors (Lipinski definition) is 3. The van der Waals surface area contributed by atoms with E-state index >= 15 is 0 Å². The molecule has 0 aliphatic heterocycles. The number of carbonyl (C=O) groups is 1. The monoisotopic (exact) mass is 476 g/mol. The fraction of sp³-hybridized carbons (Fsp3) is 0.321. The maximum Gasteiger partial charge on any atom is 0.241 e. The second kappa shape index (κ2) is 10.1. The first-order valence-corrected chi connectivity index (χ1v) is 13.2. The summed E-state index contributed by atoms with van der Waals surface area (Å²) >= 11 is 0. The van der Waals surface area contributed by atoms with Gasteiger partial charge in [-0.3, -0.25) is 4.79 Å². The van der Waals surface area contributed by atoms with Gasteiger partial charge in [-0.15, -0.1) is 0 Å². The van der Waals surface area contributed by atoms with Gasteiger partial charge in [0.05, 0.1) is 10.9 Å². The van der Waals surface area contributed by atoms with Crippen molar-refractivity contribution in [3.8, 4) is 0 Å². The number of nitrogens with one attached hydrogen (secondary N) is 2. The number of hydrogen-bond donors (Lipinski definition) is 2. The predicted octanol–water partition coefficient (Wildman–Crippen LogP) is 4.70. The van der Waals surface area contributed by atoms with Crippen LogP contribution in [0.2, 0.25) is 0 Å². The van der Waals surface area contributed by atoms with Crippen molar-refractivity contribution in [2.24, 2.45) is 0 Å². The van der Waals surface area contributed by atoms with Crippen molar-refractivity contribution in [1.82, 2.24) is 10.0 Å². The van der Waals surface area contributed by atoms with E-state index < -0.39 is 16.1 Å². The first-order valence-electron chi connectivity index (χ1n) is 11.8. The highest BCUT2D eigenvalue weighted by Crippen LogP contribution is 2.30. The summed E-state index contributed by atoms with van der Waals surface area (Å²) in [5.74, 6) is -0.309. The Kier molecular flexibility index (Phi) is 7.19. The maximum absolute atomic E-state index is 13.5. The maximum atomic E-state index is 13.5. The van der Waals surface area contributed by atoms with E-state index in [2.05, 4.69) is 22.2 Å². The van der Waals surface area contributed by atoms with Crippen molar-refractivity contribution in [2.45, 2.75) is 63.4 Å². The third kappa shape index (κ3) is 5.40. The standard InChI is InChI=1S/C28H32N2O3S/c1-19-16-20(2)27(21(3)17-19)34(32,33)30-26(18-22-10-5-4-6-11-22)28(31)29-25-15-9-13-23-12-7-8-14-24(23)25/h4-8,10-12,14,16-17,25-26,30H,9,13,15,18H2,1-3H3,(H,29,31)/t25-,26-/m1/s1. The van der Waals surface area contributed by atoms with Crippen molar-refractivity contribution < 1.29 is 13.2 Å². The van der Waals surface area contributed by atoms with Gasteiger partial charge in [0.1, 0.15) is 6.04 Å². The molecule has 0 unspecified atom stereocenters. The topological polar surface area (TPSA) is 75.3 Å². The molecule has 2 N–H and O–H groups in total. The lowest BCUT2D eigenvalue weighted by Gasteiger charge is -2.28. The summed E-state index contributed by atoms with van der Waals surface area (Å²) in [6.45, 7) is 5.52. The molecule has 1 aliphatic rings. The molecular formula is C28H32N2O3S. The third-order valence-corrected chi connectivity index (χ3v) is 8.23. The normalized spacial score (nSPS) is 16.5. The van der Waals surface area contributed by atoms with Crippen molar-refractivity contribution in [3.63, 3.8) is 0 Å². The van der Waals surface area contributed by atoms with Crippen LogP contribution in [0, 0.1) is 20.8 Å². The lowest BCUT2D eigenvalue weighted by Crippen LogP contribution is -2.49. The molecule has 1 amide bonds. The van der Waals surface area contributed by atoms with Gasteiger partial charge in [0, 0.05) is 0 Å². The molecule has 2 atom stereocenters. The van der Waals surface area contributed by atoms with Crippen LogP contribution in [0.5, 0.6) is 0 Å². The van der Waals surface area contributed by atoms with E-state index in [9.17, 15) is 13.2 Å². The summed E-state index contributed by atoms with van der Waals surface area (Å²) in [6, 6.07) is 20.3. The van der Waals surface area contributed by atoms with Crippen LogP contribution in [0.25, 0.3) is 0 Å². The van der Waals surface area contributed by atoms with Crippen LogP contribution < -0.4 is 10.0 Å². The van der Waals surface area contributed by atoms with Crippen molar-refractivity contribution in [2.75, 3.05) is 0 Å². The van der Waals surface area contributed by atoms with E-state index in [4.69, 9.17) is 0 Å². The first-order chi connectivity index (χ1) is 16.2. The van der Waals surface area contributed by atoms with E-state index in [0.717, 1.165) is 36.0 Å². The Hall–Kier alpha value is -2.96. The van der Waals surface area contributed by atoms with Crippen LogP contribution in [0.1, 0.15) is 52.3 Å². The molecule has 0 aromatic heterocycles. The predicted molar refractivity (Wildman–Crippen MR) is 135 cm³/mol. The SMILES string of the molecule is Cc1cc(C)c(S(=O)(=O)N[C@H](Cc2ccccc2)C(=O)N[C@@H]2CCCc3ccccc32)c(C)c1. The molecule has 34 heavy (non-hydrogen) atoms. The Balaban J connectivity index is 1.63. The van der Waals surface area contributed by atoms with Crippen LogP contribution in [-0.4, -0.2) is 20.4 Å². The van der Waals surface area contributed by atoms with Gasteiger partial charge < -0.3 is 5.32 Å². The fourth-order valence-electron chi connectivity index (χ4n) is 5.05. The van der Waals surface area contributed by atoms with Crippen LogP contribution in [0.15, 0.2) is 71.6 Å². The van der Waals surface area contributed by atoms with E-state index in [1.54, 1.807) is 13.8 Å². The molecule has 0 radical (unpaired) electrons. The second-order valence-electron chi connectivity index (χ2n) is 9.24. The zero-order chi connectivity index (χ0) is 24.3. The first kappa shape index (κ1) is 24.2. The molecule has 3 aromatic carbocycles. The zero-order valence-corrected chi connectivity index (χ0v) is 20.8. The van der Waals surface area contributed by atoms with E-state index in [0.29, 0.717) is 11.1 Å². The third-order valence-electron chi connectivity index (χ3n) is 6.46. The summed E-state index contributed by atoms with van der Waals surface area (Å²) in [5.41, 5.74) is 5.60.